The molecule has 2 rings (SSSR count). The number of benzene rings is 2. The summed E-state index contributed by atoms with van der Waals surface area (Å²) in [6.07, 6.45) is -1.59. The fraction of sp³-hybridized carbons (Fsp3) is 0.517. The van der Waals surface area contributed by atoms with Gasteiger partial charge in [0.1, 0.15) is 18.1 Å². The minimum atomic E-state index is -4.79. The summed E-state index contributed by atoms with van der Waals surface area (Å²) in [5, 5.41) is 12.0. The molecule has 2 aromatic carbocycles. The molecule has 0 heterocycles. The summed E-state index contributed by atoms with van der Waals surface area (Å²) in [4.78, 5) is 26.1. The van der Waals surface area contributed by atoms with Gasteiger partial charge in [-0.3, -0.25) is 0 Å². The lowest BCUT2D eigenvalue weighted by Crippen LogP contribution is -2.41. The summed E-state index contributed by atoms with van der Waals surface area (Å²) in [6.45, 7) is 7.25. The van der Waals surface area contributed by atoms with E-state index in [0.717, 1.165) is 43.4 Å². The van der Waals surface area contributed by atoms with E-state index in [1.54, 1.807) is 36.1 Å². The first-order chi connectivity index (χ1) is 19.0. The SMILES string of the molecule is CCCC(CCC)CN(CCOc1ccc(CC(OCC)C(=O)O)cc1)C(=O)Nc1ccc(OC(F)(F)F)cc1. The molecule has 0 radical (unpaired) electrons. The first-order valence-corrected chi connectivity index (χ1v) is 13.5. The van der Waals surface area contributed by atoms with Gasteiger partial charge in [-0.05, 0) is 67.6 Å². The lowest BCUT2D eigenvalue weighted by Gasteiger charge is -2.28. The molecule has 0 saturated heterocycles. The maximum absolute atomic E-state index is 13.2. The highest BCUT2D eigenvalue weighted by molar-refractivity contribution is 5.89. The molecular formula is C29H39F3N2O6. The van der Waals surface area contributed by atoms with Crippen LogP contribution in [0.4, 0.5) is 23.7 Å². The van der Waals surface area contributed by atoms with E-state index in [9.17, 15) is 27.9 Å². The molecule has 8 nitrogen and oxygen atoms in total. The van der Waals surface area contributed by atoms with E-state index >= 15 is 0 Å². The zero-order valence-electron chi connectivity index (χ0n) is 23.2. The number of anilines is 1. The summed E-state index contributed by atoms with van der Waals surface area (Å²) >= 11 is 0. The van der Waals surface area contributed by atoms with Crippen molar-refractivity contribution >= 4 is 17.7 Å². The molecule has 0 fully saturated rings. The molecule has 0 spiro atoms. The van der Waals surface area contributed by atoms with Crippen LogP contribution in [0.3, 0.4) is 0 Å². The zero-order valence-corrected chi connectivity index (χ0v) is 23.2. The Bertz CT molecular complexity index is 1030. The molecule has 2 aromatic rings. The molecule has 0 aliphatic heterocycles. The number of amides is 2. The lowest BCUT2D eigenvalue weighted by molar-refractivity contribution is -0.274. The molecular weight excluding hydrogens is 529 g/mol. The molecule has 40 heavy (non-hydrogen) atoms. The van der Waals surface area contributed by atoms with Crippen molar-refractivity contribution in [3.63, 3.8) is 0 Å². The van der Waals surface area contributed by atoms with Gasteiger partial charge in [-0.15, -0.1) is 13.2 Å². The number of alkyl halides is 3. The maximum Gasteiger partial charge on any atom is 0.573 e. The average molecular weight is 569 g/mol. The van der Waals surface area contributed by atoms with Gasteiger partial charge in [0.2, 0.25) is 0 Å². The number of aliphatic carboxylic acids is 1. The number of carboxylic acid groups (broad SMARTS) is 1. The van der Waals surface area contributed by atoms with Crippen molar-refractivity contribution in [2.24, 2.45) is 5.92 Å². The maximum atomic E-state index is 13.2. The topological polar surface area (TPSA) is 97.3 Å². The van der Waals surface area contributed by atoms with Gasteiger partial charge in [0.05, 0.1) is 6.54 Å². The number of rotatable bonds is 17. The van der Waals surface area contributed by atoms with Gasteiger partial charge in [0.25, 0.3) is 0 Å². The Balaban J connectivity index is 2.02. The molecule has 0 aliphatic rings. The van der Waals surface area contributed by atoms with E-state index < -0.39 is 18.4 Å². The van der Waals surface area contributed by atoms with E-state index in [0.29, 0.717) is 30.5 Å². The summed E-state index contributed by atoms with van der Waals surface area (Å²) in [6, 6.07) is 11.7. The highest BCUT2D eigenvalue weighted by atomic mass is 19.4. The van der Waals surface area contributed by atoms with E-state index in [2.05, 4.69) is 23.9 Å². The summed E-state index contributed by atoms with van der Waals surface area (Å²) in [5.41, 5.74) is 1.14. The first-order valence-electron chi connectivity index (χ1n) is 13.5. The second-order valence-corrected chi connectivity index (χ2v) is 9.37. The zero-order chi connectivity index (χ0) is 29.5. The number of carbonyl (C=O) groups excluding carboxylic acids is 1. The Labute approximate surface area is 233 Å². The molecule has 1 atom stereocenters. The molecule has 11 heteroatoms. The molecule has 0 aromatic heterocycles. The van der Waals surface area contributed by atoms with Crippen molar-refractivity contribution in [1.82, 2.24) is 4.90 Å². The van der Waals surface area contributed by atoms with Crippen LogP contribution in [-0.2, 0) is 16.0 Å². The quantitative estimate of drug-likeness (QED) is 0.219. The number of carboxylic acids is 1. The fourth-order valence-corrected chi connectivity index (χ4v) is 4.30. The van der Waals surface area contributed by atoms with E-state index in [1.807, 2.05) is 0 Å². The van der Waals surface area contributed by atoms with E-state index in [-0.39, 0.29) is 31.4 Å². The normalized spacial score (nSPS) is 12.2. The predicted molar refractivity (Wildman–Crippen MR) is 146 cm³/mol. The third kappa shape index (κ3) is 12.1. The van der Waals surface area contributed by atoms with Crippen LogP contribution >= 0.6 is 0 Å². The largest absolute Gasteiger partial charge is 0.573 e. The number of halogens is 3. The highest BCUT2D eigenvalue weighted by Crippen LogP contribution is 2.24. The Hall–Kier alpha value is -3.47. The number of nitrogens with one attached hydrogen (secondary N) is 1. The first kappa shape index (κ1) is 32.7. The lowest BCUT2D eigenvalue weighted by atomic mass is 9.98. The molecule has 2 N–H and O–H groups in total. The number of hydrogen-bond donors (Lipinski definition) is 2. The van der Waals surface area contributed by atoms with Crippen molar-refractivity contribution in [3.05, 3.63) is 54.1 Å². The summed E-state index contributed by atoms with van der Waals surface area (Å²) in [5.74, 6) is -0.513. The second-order valence-electron chi connectivity index (χ2n) is 9.37. The van der Waals surface area contributed by atoms with Crippen LogP contribution in [0.2, 0.25) is 0 Å². The van der Waals surface area contributed by atoms with Gasteiger partial charge in [-0.2, -0.15) is 0 Å². The highest BCUT2D eigenvalue weighted by Gasteiger charge is 2.31. The minimum Gasteiger partial charge on any atom is -0.492 e. The number of nitrogens with zero attached hydrogens (tertiary/aromatic N) is 1. The average Bonchev–Trinajstić information content (AvgIpc) is 2.89. The predicted octanol–water partition coefficient (Wildman–Crippen LogP) is 6.75. The molecule has 222 valence electrons. The smallest absolute Gasteiger partial charge is 0.492 e. The number of urea groups is 1. The summed E-state index contributed by atoms with van der Waals surface area (Å²) in [7, 11) is 0. The van der Waals surface area contributed by atoms with Crippen LogP contribution in [0.1, 0.15) is 52.0 Å². The molecule has 1 unspecified atom stereocenters. The van der Waals surface area contributed by atoms with Gasteiger partial charge in [-0.1, -0.05) is 38.8 Å². The van der Waals surface area contributed by atoms with E-state index in [1.165, 1.54) is 12.1 Å². The number of hydrogen-bond acceptors (Lipinski definition) is 5. The Morgan fingerprint density at radius 2 is 1.55 bits per heavy atom. The second kappa shape index (κ2) is 16.6. The Morgan fingerprint density at radius 3 is 2.08 bits per heavy atom. The summed E-state index contributed by atoms with van der Waals surface area (Å²) < 4.78 is 52.3. The van der Waals surface area contributed by atoms with Crippen LogP contribution in [0.5, 0.6) is 11.5 Å². The molecule has 2 amide bonds. The van der Waals surface area contributed by atoms with E-state index in [4.69, 9.17) is 9.47 Å². The minimum absolute atomic E-state index is 0.215. The van der Waals surface area contributed by atoms with Gasteiger partial charge >= 0.3 is 18.4 Å². The fourth-order valence-electron chi connectivity index (χ4n) is 4.30. The van der Waals surface area contributed by atoms with Crippen molar-refractivity contribution in [2.45, 2.75) is 65.3 Å². The van der Waals surface area contributed by atoms with Gasteiger partial charge in [0, 0.05) is 25.3 Å². The third-order valence-electron chi connectivity index (χ3n) is 6.12. The van der Waals surface area contributed by atoms with Crippen molar-refractivity contribution in [2.75, 3.05) is 31.6 Å². The number of carbonyl (C=O) groups is 2. The number of ether oxygens (including phenoxy) is 3. The van der Waals surface area contributed by atoms with Crippen LogP contribution in [0.15, 0.2) is 48.5 Å². The van der Waals surface area contributed by atoms with Crippen LogP contribution in [0, 0.1) is 5.92 Å². The third-order valence-corrected chi connectivity index (χ3v) is 6.12. The van der Waals surface area contributed by atoms with Crippen LogP contribution in [-0.4, -0.2) is 60.8 Å². The Kier molecular flexibility index (Phi) is 13.6. The van der Waals surface area contributed by atoms with Crippen LogP contribution in [0.25, 0.3) is 0 Å². The van der Waals surface area contributed by atoms with Gasteiger partial charge in [-0.25, -0.2) is 9.59 Å². The van der Waals surface area contributed by atoms with Gasteiger partial charge in [0.15, 0.2) is 6.10 Å². The van der Waals surface area contributed by atoms with Crippen molar-refractivity contribution in [1.29, 1.82) is 0 Å². The Morgan fingerprint density at radius 1 is 0.950 bits per heavy atom. The standard InChI is InChI=1S/C29H39F3N2O6/c1-4-7-22(8-5-2)20-34(28(37)33-23-11-15-25(16-12-23)40-29(30,31)32)17-18-39-24-13-9-21(10-14-24)19-26(27(35)36)38-6-3/h9-16,22,26H,4-8,17-20H2,1-3H3,(H,33,37)(H,35,36). The van der Waals surface area contributed by atoms with Crippen LogP contribution < -0.4 is 14.8 Å². The monoisotopic (exact) mass is 568 g/mol. The van der Waals surface area contributed by atoms with Crippen molar-refractivity contribution < 1.29 is 42.1 Å². The molecule has 0 bridgehead atoms. The molecule has 0 saturated carbocycles. The van der Waals surface area contributed by atoms with Crippen molar-refractivity contribution in [3.8, 4) is 11.5 Å². The molecule has 0 aliphatic carbocycles. The van der Waals surface area contributed by atoms with Gasteiger partial charge < -0.3 is 29.5 Å².